The molecule has 0 radical (unpaired) electrons. The number of methoxy groups -OCH3 is 2. The third kappa shape index (κ3) is 5.09. The molecule has 1 amide bonds. The highest BCUT2D eigenvalue weighted by molar-refractivity contribution is 6.31. The van der Waals surface area contributed by atoms with Gasteiger partial charge in [0.05, 0.1) is 25.5 Å². The first-order valence-electron chi connectivity index (χ1n) is 7.16. The van der Waals surface area contributed by atoms with Gasteiger partial charge in [0.15, 0.2) is 18.1 Å². The fraction of sp³-hybridized carbons (Fsp3) is 0.176. The summed E-state index contributed by atoms with van der Waals surface area (Å²) in [5.74, 6) is 0.0327. The van der Waals surface area contributed by atoms with E-state index in [4.69, 9.17) is 25.9 Å². The minimum absolute atomic E-state index is 0.0816. The van der Waals surface area contributed by atoms with Crippen molar-refractivity contribution in [3.63, 3.8) is 0 Å². The fourth-order valence-electron chi connectivity index (χ4n) is 1.97. The van der Waals surface area contributed by atoms with Crippen molar-refractivity contribution in [1.29, 1.82) is 0 Å². The molecule has 2 rings (SSSR count). The van der Waals surface area contributed by atoms with Crippen LogP contribution in [0.25, 0.3) is 0 Å². The summed E-state index contributed by atoms with van der Waals surface area (Å²) >= 11 is 5.64. The number of nitrogens with one attached hydrogen (secondary N) is 1. The van der Waals surface area contributed by atoms with Crippen molar-refractivity contribution in [2.75, 3.05) is 26.1 Å². The lowest BCUT2D eigenvalue weighted by Gasteiger charge is -2.09. The topological polar surface area (TPSA) is 69.2 Å². The molecule has 0 saturated heterocycles. The van der Waals surface area contributed by atoms with Crippen LogP contribution in [0.1, 0.15) is 5.56 Å². The highest BCUT2D eigenvalue weighted by atomic mass is 35.5. The summed E-state index contributed by atoms with van der Waals surface area (Å²) in [6.07, 6.45) is 1.41. The normalized spacial score (nSPS) is 10.6. The second-order valence-electron chi connectivity index (χ2n) is 4.77. The summed E-state index contributed by atoms with van der Waals surface area (Å²) in [7, 11) is 3.04. The van der Waals surface area contributed by atoms with E-state index in [0.29, 0.717) is 22.7 Å². The quantitative estimate of drug-likeness (QED) is 0.601. The number of rotatable bonds is 7. The van der Waals surface area contributed by atoms with Gasteiger partial charge in [-0.05, 0) is 30.3 Å². The van der Waals surface area contributed by atoms with Crippen molar-refractivity contribution in [2.24, 2.45) is 5.16 Å². The Morgan fingerprint density at radius 1 is 1.28 bits per heavy atom. The molecule has 2 aromatic carbocycles. The first kappa shape index (κ1) is 18.5. The number of benzene rings is 2. The van der Waals surface area contributed by atoms with E-state index in [1.54, 1.807) is 18.2 Å². The van der Waals surface area contributed by atoms with Crippen molar-refractivity contribution in [2.45, 2.75) is 0 Å². The van der Waals surface area contributed by atoms with E-state index in [1.165, 1.54) is 32.6 Å². The third-order valence-electron chi connectivity index (χ3n) is 3.10. The Morgan fingerprint density at radius 3 is 2.76 bits per heavy atom. The molecule has 0 aliphatic rings. The van der Waals surface area contributed by atoms with Crippen molar-refractivity contribution in [3.05, 3.63) is 52.8 Å². The van der Waals surface area contributed by atoms with E-state index in [2.05, 4.69) is 10.5 Å². The van der Waals surface area contributed by atoms with Crippen LogP contribution < -0.4 is 14.8 Å². The Labute approximate surface area is 149 Å². The van der Waals surface area contributed by atoms with Gasteiger partial charge in [-0.15, -0.1) is 0 Å². The first-order chi connectivity index (χ1) is 12.0. The van der Waals surface area contributed by atoms with Crippen molar-refractivity contribution in [3.8, 4) is 11.5 Å². The monoisotopic (exact) mass is 366 g/mol. The number of halogens is 2. The standard InChI is InChI=1S/C17H16ClFN2O4/c1-23-15-5-3-4-11(17(15)24-2)9-20-25-10-16(22)21-12-6-7-14(19)13(18)8-12/h3-9H,10H2,1-2H3,(H,21,22)/b20-9-. The molecule has 0 aliphatic carbocycles. The van der Waals surface area contributed by atoms with Gasteiger partial charge in [0.1, 0.15) is 5.82 Å². The van der Waals surface area contributed by atoms with Gasteiger partial charge in [0.2, 0.25) is 0 Å². The molecule has 0 spiro atoms. The predicted molar refractivity (Wildman–Crippen MR) is 93.1 cm³/mol. The molecule has 0 fully saturated rings. The Bertz CT molecular complexity index is 783. The van der Waals surface area contributed by atoms with Gasteiger partial charge in [-0.1, -0.05) is 22.8 Å². The number of hydrogen-bond acceptors (Lipinski definition) is 5. The first-order valence-corrected chi connectivity index (χ1v) is 7.54. The van der Waals surface area contributed by atoms with Crippen LogP contribution in [0.4, 0.5) is 10.1 Å². The summed E-state index contributed by atoms with van der Waals surface area (Å²) in [6, 6.07) is 9.13. The lowest BCUT2D eigenvalue weighted by Crippen LogP contribution is -2.17. The highest BCUT2D eigenvalue weighted by Gasteiger charge is 2.08. The lowest BCUT2D eigenvalue weighted by molar-refractivity contribution is -0.120. The zero-order valence-corrected chi connectivity index (χ0v) is 14.3. The molecule has 0 unspecified atom stereocenters. The minimum atomic E-state index is -0.562. The summed E-state index contributed by atoms with van der Waals surface area (Å²) in [6.45, 7) is -0.322. The number of amides is 1. The maximum atomic E-state index is 13.1. The molecule has 2 aromatic rings. The summed E-state index contributed by atoms with van der Waals surface area (Å²) in [4.78, 5) is 16.7. The van der Waals surface area contributed by atoms with Gasteiger partial charge < -0.3 is 19.6 Å². The zero-order chi connectivity index (χ0) is 18.2. The zero-order valence-electron chi connectivity index (χ0n) is 13.6. The van der Waals surface area contributed by atoms with Crippen LogP contribution >= 0.6 is 11.6 Å². The average Bonchev–Trinajstić information content (AvgIpc) is 2.61. The summed E-state index contributed by atoms with van der Waals surface area (Å²) < 4.78 is 23.5. The van der Waals surface area contributed by atoms with Gasteiger partial charge >= 0.3 is 0 Å². The minimum Gasteiger partial charge on any atom is -0.493 e. The SMILES string of the molecule is COc1cccc(/C=N\OCC(=O)Nc2ccc(F)c(Cl)c2)c1OC. The largest absolute Gasteiger partial charge is 0.493 e. The molecule has 8 heteroatoms. The van der Waals surface area contributed by atoms with Crippen LogP contribution in [0.3, 0.4) is 0 Å². The second kappa shape index (κ2) is 8.89. The van der Waals surface area contributed by atoms with E-state index in [9.17, 15) is 9.18 Å². The maximum absolute atomic E-state index is 13.1. The number of nitrogens with zero attached hydrogens (tertiary/aromatic N) is 1. The lowest BCUT2D eigenvalue weighted by atomic mass is 10.2. The Morgan fingerprint density at radius 2 is 2.08 bits per heavy atom. The average molecular weight is 367 g/mol. The Balaban J connectivity index is 1.90. The van der Waals surface area contributed by atoms with Gasteiger partial charge in [-0.2, -0.15) is 0 Å². The van der Waals surface area contributed by atoms with Gasteiger partial charge in [0.25, 0.3) is 5.91 Å². The Hall–Kier alpha value is -2.80. The molecule has 0 saturated carbocycles. The predicted octanol–water partition coefficient (Wildman–Crippen LogP) is 3.49. The van der Waals surface area contributed by atoms with Crippen molar-refractivity contribution in [1.82, 2.24) is 0 Å². The molecular formula is C17H16ClFN2O4. The summed E-state index contributed by atoms with van der Waals surface area (Å²) in [5.41, 5.74) is 0.992. The number of anilines is 1. The van der Waals surface area contributed by atoms with Crippen molar-refractivity contribution >= 4 is 29.4 Å². The fourth-order valence-corrected chi connectivity index (χ4v) is 2.16. The molecule has 6 nitrogen and oxygen atoms in total. The molecule has 132 valence electrons. The highest BCUT2D eigenvalue weighted by Crippen LogP contribution is 2.29. The molecular weight excluding hydrogens is 351 g/mol. The van der Waals surface area contributed by atoms with E-state index < -0.39 is 11.7 Å². The van der Waals surface area contributed by atoms with E-state index in [-0.39, 0.29) is 11.6 Å². The third-order valence-corrected chi connectivity index (χ3v) is 3.39. The van der Waals surface area contributed by atoms with Crippen LogP contribution in [-0.4, -0.2) is 32.9 Å². The molecule has 0 aromatic heterocycles. The molecule has 0 atom stereocenters. The number of para-hydroxylation sites is 1. The molecule has 1 N–H and O–H groups in total. The van der Waals surface area contributed by atoms with Crippen LogP contribution in [0.2, 0.25) is 5.02 Å². The van der Waals surface area contributed by atoms with Crippen LogP contribution in [0, 0.1) is 5.82 Å². The summed E-state index contributed by atoms with van der Waals surface area (Å²) in [5, 5.41) is 6.17. The molecule has 0 heterocycles. The van der Waals surface area contributed by atoms with Gasteiger partial charge in [-0.3, -0.25) is 4.79 Å². The van der Waals surface area contributed by atoms with Crippen LogP contribution in [0.5, 0.6) is 11.5 Å². The number of oxime groups is 1. The van der Waals surface area contributed by atoms with E-state index >= 15 is 0 Å². The maximum Gasteiger partial charge on any atom is 0.265 e. The molecule has 0 bridgehead atoms. The second-order valence-corrected chi connectivity index (χ2v) is 5.17. The van der Waals surface area contributed by atoms with E-state index in [0.717, 1.165) is 6.07 Å². The number of ether oxygens (including phenoxy) is 2. The number of carbonyl (C=O) groups is 1. The van der Waals surface area contributed by atoms with Crippen LogP contribution in [0.15, 0.2) is 41.6 Å². The van der Waals surface area contributed by atoms with Gasteiger partial charge in [-0.25, -0.2) is 4.39 Å². The Kier molecular flexibility index (Phi) is 6.59. The smallest absolute Gasteiger partial charge is 0.265 e. The van der Waals surface area contributed by atoms with E-state index in [1.807, 2.05) is 0 Å². The molecule has 25 heavy (non-hydrogen) atoms. The van der Waals surface area contributed by atoms with Crippen LogP contribution in [-0.2, 0) is 9.63 Å². The molecule has 0 aliphatic heterocycles. The number of hydrogen-bond donors (Lipinski definition) is 1. The van der Waals surface area contributed by atoms with Crippen molar-refractivity contribution < 1.29 is 23.5 Å². The van der Waals surface area contributed by atoms with Gasteiger partial charge in [0, 0.05) is 11.3 Å². The number of carbonyl (C=O) groups excluding carboxylic acids is 1.